The third kappa shape index (κ3) is 1.36. The van der Waals surface area contributed by atoms with Gasteiger partial charge in [0.25, 0.3) is 0 Å². The summed E-state index contributed by atoms with van der Waals surface area (Å²) >= 11 is -2.31. The summed E-state index contributed by atoms with van der Waals surface area (Å²) in [5.74, 6) is -0.0187. The summed E-state index contributed by atoms with van der Waals surface area (Å²) in [5.41, 5.74) is 0.300. The summed E-state index contributed by atoms with van der Waals surface area (Å²) in [6, 6.07) is 5.90. The number of phenols is 1. The Bertz CT molecular complexity index is 512. The zero-order chi connectivity index (χ0) is 10.1. The van der Waals surface area contributed by atoms with Crippen molar-refractivity contribution in [2.24, 2.45) is 0 Å². The van der Waals surface area contributed by atoms with E-state index in [4.69, 9.17) is 0 Å². The Hall–Kier alpha value is -1.46. The summed E-state index contributed by atoms with van der Waals surface area (Å²) in [5, 5.41) is 9.85. The highest BCUT2D eigenvalue weighted by Gasteiger charge is 2.05. The minimum atomic E-state index is -2.31. The van der Waals surface area contributed by atoms with Crippen LogP contribution in [0.4, 0.5) is 0 Å². The van der Waals surface area contributed by atoms with E-state index in [1.807, 2.05) is 0 Å². The molecule has 2 rings (SSSR count). The van der Waals surface area contributed by atoms with Crippen LogP contribution < -0.4 is 0 Å². The maximum Gasteiger partial charge on any atom is 0.141 e. The smallest absolute Gasteiger partial charge is 0.141 e. The van der Waals surface area contributed by atoms with Crippen LogP contribution in [0.1, 0.15) is 0 Å². The molecule has 72 valence electrons. The molecule has 0 bridgehead atoms. The first kappa shape index (κ1) is 9.11. The molecule has 1 atom stereocenters. The molecular weight excluding hydrogens is 202 g/mol. The van der Waals surface area contributed by atoms with Gasteiger partial charge in [0.2, 0.25) is 0 Å². The van der Waals surface area contributed by atoms with Gasteiger partial charge in [-0.25, -0.2) is 0 Å². The van der Waals surface area contributed by atoms with E-state index in [1.165, 1.54) is 18.3 Å². The maximum absolute atomic E-state index is 10.8. The highest BCUT2D eigenvalue weighted by molar-refractivity contribution is 7.79. The number of phenolic OH excluding ortho intramolecular Hbond substituents is 1. The van der Waals surface area contributed by atoms with E-state index >= 15 is 0 Å². The number of pyridine rings is 1. The van der Waals surface area contributed by atoms with Gasteiger partial charge in [0, 0.05) is 16.5 Å². The van der Waals surface area contributed by atoms with Crippen LogP contribution in [-0.2, 0) is 11.1 Å². The quantitative estimate of drug-likeness (QED) is 0.714. The summed E-state index contributed by atoms with van der Waals surface area (Å²) < 4.78 is 21.6. The monoisotopic (exact) mass is 208 g/mol. The number of aromatic nitrogens is 1. The molecule has 2 aromatic rings. The van der Waals surface area contributed by atoms with Crippen molar-refractivity contribution < 1.29 is 13.9 Å². The van der Waals surface area contributed by atoms with Crippen LogP contribution in [0.2, 0.25) is 0 Å². The second-order valence-electron chi connectivity index (χ2n) is 2.72. The van der Waals surface area contributed by atoms with Gasteiger partial charge < -0.3 is 9.66 Å². The first-order chi connectivity index (χ1) is 6.70. The fourth-order valence-corrected chi connectivity index (χ4v) is 1.80. The summed E-state index contributed by atoms with van der Waals surface area (Å²) in [4.78, 5) is 4.04. The SMILES string of the molecule is O=S([O-])c1ccc(O)c2ncccc12. The van der Waals surface area contributed by atoms with Gasteiger partial charge in [0.05, 0.1) is 0 Å². The molecule has 0 amide bonds. The van der Waals surface area contributed by atoms with Crippen molar-refractivity contribution in [3.63, 3.8) is 0 Å². The van der Waals surface area contributed by atoms with Crippen LogP contribution in [0.25, 0.3) is 10.9 Å². The highest BCUT2D eigenvalue weighted by Crippen LogP contribution is 2.26. The third-order valence-corrected chi connectivity index (χ3v) is 2.60. The number of fused-ring (bicyclic) bond motifs is 1. The molecule has 5 heteroatoms. The number of hydrogen-bond donors (Lipinski definition) is 1. The minimum Gasteiger partial charge on any atom is -0.768 e. The Morgan fingerprint density at radius 3 is 2.86 bits per heavy atom. The topological polar surface area (TPSA) is 73.2 Å². The Morgan fingerprint density at radius 2 is 2.14 bits per heavy atom. The van der Waals surface area contributed by atoms with E-state index < -0.39 is 11.1 Å². The Kier molecular flexibility index (Phi) is 2.18. The number of nitrogens with zero attached hydrogens (tertiary/aromatic N) is 1. The number of benzene rings is 1. The first-order valence-electron chi connectivity index (χ1n) is 3.86. The van der Waals surface area contributed by atoms with Crippen LogP contribution in [-0.4, -0.2) is 18.9 Å². The van der Waals surface area contributed by atoms with E-state index in [0.717, 1.165) is 0 Å². The van der Waals surface area contributed by atoms with Crippen LogP contribution in [0, 0.1) is 0 Å². The lowest BCUT2D eigenvalue weighted by atomic mass is 10.2. The molecule has 0 spiro atoms. The van der Waals surface area contributed by atoms with E-state index in [9.17, 15) is 13.9 Å². The van der Waals surface area contributed by atoms with Crippen molar-refractivity contribution >= 4 is 22.0 Å². The fraction of sp³-hybridized carbons (Fsp3) is 0. The molecule has 1 N–H and O–H groups in total. The Labute approximate surface area is 82.5 Å². The first-order valence-corrected chi connectivity index (χ1v) is 4.93. The molecule has 1 aromatic heterocycles. The van der Waals surface area contributed by atoms with Gasteiger partial charge in [-0.1, -0.05) is 0 Å². The molecule has 0 radical (unpaired) electrons. The lowest BCUT2D eigenvalue weighted by Gasteiger charge is -2.08. The fourth-order valence-electron chi connectivity index (χ4n) is 1.28. The molecule has 0 fully saturated rings. The zero-order valence-electron chi connectivity index (χ0n) is 7.01. The predicted molar refractivity (Wildman–Crippen MR) is 50.6 cm³/mol. The summed E-state index contributed by atoms with van der Waals surface area (Å²) in [6.45, 7) is 0. The predicted octanol–water partition coefficient (Wildman–Crippen LogP) is 1.18. The van der Waals surface area contributed by atoms with Crippen molar-refractivity contribution in [1.82, 2.24) is 4.98 Å². The van der Waals surface area contributed by atoms with E-state index in [0.29, 0.717) is 10.9 Å². The van der Waals surface area contributed by atoms with Gasteiger partial charge in [0.1, 0.15) is 11.3 Å². The average Bonchev–Trinajstić information content (AvgIpc) is 2.18. The lowest BCUT2D eigenvalue weighted by molar-refractivity contribution is 0.480. The van der Waals surface area contributed by atoms with Crippen molar-refractivity contribution in [1.29, 1.82) is 0 Å². The molecule has 0 aliphatic carbocycles. The molecule has 0 saturated carbocycles. The normalized spacial score (nSPS) is 12.9. The van der Waals surface area contributed by atoms with E-state index in [1.54, 1.807) is 12.1 Å². The highest BCUT2D eigenvalue weighted by atomic mass is 32.2. The van der Waals surface area contributed by atoms with E-state index in [2.05, 4.69) is 4.98 Å². The molecule has 1 unspecified atom stereocenters. The number of hydrogen-bond acceptors (Lipinski definition) is 4. The maximum atomic E-state index is 10.8. The van der Waals surface area contributed by atoms with E-state index in [-0.39, 0.29) is 10.6 Å². The lowest BCUT2D eigenvalue weighted by Crippen LogP contribution is -1.91. The Morgan fingerprint density at radius 1 is 1.36 bits per heavy atom. The molecule has 0 aliphatic heterocycles. The largest absolute Gasteiger partial charge is 0.768 e. The molecule has 1 aromatic carbocycles. The van der Waals surface area contributed by atoms with Gasteiger partial charge in [-0.2, -0.15) is 0 Å². The Balaban J connectivity index is 2.88. The van der Waals surface area contributed by atoms with Gasteiger partial charge >= 0.3 is 0 Å². The number of aromatic hydroxyl groups is 1. The molecule has 4 nitrogen and oxygen atoms in total. The third-order valence-electron chi connectivity index (χ3n) is 1.89. The summed E-state index contributed by atoms with van der Waals surface area (Å²) in [6.07, 6.45) is 1.50. The van der Waals surface area contributed by atoms with Gasteiger partial charge in [-0.15, -0.1) is 0 Å². The minimum absolute atomic E-state index is 0.0187. The standard InChI is InChI=1S/C9H7NO3S/c11-7-3-4-8(14(12)13)6-2-1-5-10-9(6)7/h1-5,11H,(H,12,13)/p-1. The zero-order valence-corrected chi connectivity index (χ0v) is 7.82. The van der Waals surface area contributed by atoms with Crippen LogP contribution in [0.3, 0.4) is 0 Å². The van der Waals surface area contributed by atoms with Gasteiger partial charge in [-0.3, -0.25) is 9.19 Å². The van der Waals surface area contributed by atoms with Crippen LogP contribution in [0.15, 0.2) is 35.4 Å². The molecule has 14 heavy (non-hydrogen) atoms. The van der Waals surface area contributed by atoms with Crippen LogP contribution in [0.5, 0.6) is 5.75 Å². The molecular formula is C9H6NO3S-. The summed E-state index contributed by atoms with van der Waals surface area (Å²) in [7, 11) is 0. The molecule has 0 saturated heterocycles. The second-order valence-corrected chi connectivity index (χ2v) is 3.63. The second kappa shape index (κ2) is 3.36. The van der Waals surface area contributed by atoms with Gasteiger partial charge in [0.15, 0.2) is 0 Å². The van der Waals surface area contributed by atoms with Gasteiger partial charge in [-0.05, 0) is 35.3 Å². The van der Waals surface area contributed by atoms with Crippen LogP contribution >= 0.6 is 0 Å². The van der Waals surface area contributed by atoms with Crippen molar-refractivity contribution in [2.75, 3.05) is 0 Å². The van der Waals surface area contributed by atoms with Crippen molar-refractivity contribution in [3.05, 3.63) is 30.5 Å². The van der Waals surface area contributed by atoms with Crippen molar-refractivity contribution in [2.45, 2.75) is 4.90 Å². The molecule has 0 aliphatic rings. The van der Waals surface area contributed by atoms with Crippen molar-refractivity contribution in [3.8, 4) is 5.75 Å². The number of rotatable bonds is 1. The molecule has 1 heterocycles. The average molecular weight is 208 g/mol.